The normalized spacial score (nSPS) is 12.6. The highest BCUT2D eigenvalue weighted by Gasteiger charge is 2.01. The maximum Gasteiger partial charge on any atom is 0.0888 e. The molecule has 0 aliphatic rings. The molecule has 3 heteroatoms. The van der Waals surface area contributed by atoms with Crippen LogP contribution in [0.25, 0.3) is 0 Å². The van der Waals surface area contributed by atoms with E-state index in [-0.39, 0.29) is 0 Å². The first-order valence-electron chi connectivity index (χ1n) is 3.78. The van der Waals surface area contributed by atoms with Crippen LogP contribution in [-0.4, -0.2) is 24.4 Å². The zero-order chi connectivity index (χ0) is 7.98. The molecule has 0 saturated heterocycles. The second kappa shape index (κ2) is 6.09. The van der Waals surface area contributed by atoms with E-state index in [0.717, 1.165) is 13.0 Å². The van der Waals surface area contributed by atoms with Gasteiger partial charge in [-0.1, -0.05) is 6.92 Å². The van der Waals surface area contributed by atoms with Crippen molar-refractivity contribution >= 4 is 8.96 Å². The summed E-state index contributed by atoms with van der Waals surface area (Å²) in [7, 11) is 2.61. The van der Waals surface area contributed by atoms with Gasteiger partial charge in [-0.25, -0.2) is 0 Å². The lowest BCUT2D eigenvalue weighted by Crippen LogP contribution is -2.17. The number of hydrogen-bond acceptors (Lipinski definition) is 2. The Morgan fingerprint density at radius 3 is 2.50 bits per heavy atom. The quantitative estimate of drug-likeness (QED) is 0.455. The minimum Gasteiger partial charge on any atom is -0.346 e. The van der Waals surface area contributed by atoms with Gasteiger partial charge in [0.25, 0.3) is 0 Å². The van der Waals surface area contributed by atoms with E-state index in [1.54, 1.807) is 0 Å². The van der Waals surface area contributed by atoms with Crippen LogP contribution in [-0.2, 0) is 4.52 Å². The van der Waals surface area contributed by atoms with Gasteiger partial charge in [-0.05, 0) is 27.3 Å². The van der Waals surface area contributed by atoms with Gasteiger partial charge in [0.15, 0.2) is 0 Å². The van der Waals surface area contributed by atoms with Crippen molar-refractivity contribution in [2.75, 3.05) is 13.7 Å². The van der Waals surface area contributed by atoms with Gasteiger partial charge in [-0.2, -0.15) is 0 Å². The van der Waals surface area contributed by atoms with Crippen LogP contribution in [0.5, 0.6) is 0 Å². The molecule has 0 saturated carbocycles. The van der Waals surface area contributed by atoms with Crippen LogP contribution in [0.3, 0.4) is 0 Å². The van der Waals surface area contributed by atoms with Gasteiger partial charge in [-0.15, -0.1) is 0 Å². The molecule has 0 spiro atoms. The standard InChI is InChI=1S/C7H18NOP/c1-5-6-9-10-8(4)7(2)3/h7,10H,5-6H2,1-4H3. The topological polar surface area (TPSA) is 12.5 Å². The zero-order valence-corrected chi connectivity index (χ0v) is 8.35. The molecule has 2 nitrogen and oxygen atoms in total. The summed E-state index contributed by atoms with van der Waals surface area (Å²) in [6, 6.07) is 0.593. The summed E-state index contributed by atoms with van der Waals surface area (Å²) in [6.07, 6.45) is 1.11. The van der Waals surface area contributed by atoms with Crippen LogP contribution in [0, 0.1) is 0 Å². The van der Waals surface area contributed by atoms with Crippen molar-refractivity contribution in [2.24, 2.45) is 0 Å². The molecule has 0 aromatic rings. The van der Waals surface area contributed by atoms with Gasteiger partial charge < -0.3 is 4.52 Å². The minimum atomic E-state index is 0.526. The largest absolute Gasteiger partial charge is 0.346 e. The highest BCUT2D eigenvalue weighted by atomic mass is 31.1. The predicted molar refractivity (Wildman–Crippen MR) is 47.5 cm³/mol. The van der Waals surface area contributed by atoms with E-state index in [0.29, 0.717) is 15.0 Å². The lowest BCUT2D eigenvalue weighted by atomic mass is 10.4. The monoisotopic (exact) mass is 163 g/mol. The molecule has 0 fully saturated rings. The van der Waals surface area contributed by atoms with E-state index in [1.165, 1.54) is 0 Å². The molecule has 0 aromatic carbocycles. The molecule has 10 heavy (non-hydrogen) atoms. The van der Waals surface area contributed by atoms with Gasteiger partial charge in [0, 0.05) is 6.04 Å². The Kier molecular flexibility index (Phi) is 6.30. The van der Waals surface area contributed by atoms with Crippen LogP contribution in [0.1, 0.15) is 27.2 Å². The Bertz CT molecular complexity index is 78.0. The van der Waals surface area contributed by atoms with Gasteiger partial charge >= 0.3 is 0 Å². The van der Waals surface area contributed by atoms with Gasteiger partial charge in [0.2, 0.25) is 0 Å². The Hall–Kier alpha value is 0.350. The summed E-state index contributed by atoms with van der Waals surface area (Å²) in [6.45, 7) is 7.35. The average Bonchev–Trinajstić information content (AvgIpc) is 1.88. The second-order valence-corrected chi connectivity index (χ2v) is 3.82. The first-order valence-corrected chi connectivity index (χ1v) is 4.64. The van der Waals surface area contributed by atoms with Gasteiger partial charge in [0.05, 0.1) is 15.6 Å². The smallest absolute Gasteiger partial charge is 0.0888 e. The van der Waals surface area contributed by atoms with Crippen molar-refractivity contribution in [2.45, 2.75) is 33.2 Å². The lowest BCUT2D eigenvalue weighted by Gasteiger charge is -2.19. The zero-order valence-electron chi connectivity index (χ0n) is 7.35. The van der Waals surface area contributed by atoms with Crippen LogP contribution >= 0.6 is 8.96 Å². The molecule has 0 amide bonds. The Morgan fingerprint density at radius 1 is 1.50 bits per heavy atom. The third-order valence-corrected chi connectivity index (χ3v) is 2.43. The molecule has 0 rings (SSSR count). The fourth-order valence-electron chi connectivity index (χ4n) is 0.355. The molecule has 0 heterocycles. The molecule has 1 unspecified atom stereocenters. The molecule has 0 aliphatic heterocycles. The van der Waals surface area contributed by atoms with Crippen LogP contribution < -0.4 is 0 Å². The fraction of sp³-hybridized carbons (Fsp3) is 1.00. The summed E-state index contributed by atoms with van der Waals surface area (Å²) < 4.78 is 7.56. The minimum absolute atomic E-state index is 0.526. The fourth-order valence-corrected chi connectivity index (χ4v) is 1.06. The second-order valence-electron chi connectivity index (χ2n) is 2.64. The van der Waals surface area contributed by atoms with E-state index >= 15 is 0 Å². The van der Waals surface area contributed by atoms with Gasteiger partial charge in [-0.3, -0.25) is 4.67 Å². The van der Waals surface area contributed by atoms with E-state index < -0.39 is 0 Å². The summed E-state index contributed by atoms with van der Waals surface area (Å²) in [5, 5.41) is 0. The Morgan fingerprint density at radius 2 is 2.10 bits per heavy atom. The summed E-state index contributed by atoms with van der Waals surface area (Å²) in [4.78, 5) is 0. The first kappa shape index (κ1) is 10.3. The first-order chi connectivity index (χ1) is 4.68. The molecule has 1 atom stereocenters. The molecule has 0 radical (unpaired) electrons. The molecule has 0 aromatic heterocycles. The van der Waals surface area contributed by atoms with Crippen LogP contribution in [0.4, 0.5) is 0 Å². The molecule has 62 valence electrons. The Labute approximate surface area is 65.9 Å². The molecular formula is C7H18NOP. The number of nitrogens with zero attached hydrogens (tertiary/aromatic N) is 1. The van der Waals surface area contributed by atoms with E-state index in [4.69, 9.17) is 4.52 Å². The Balaban J connectivity index is 3.13. The van der Waals surface area contributed by atoms with Crippen LogP contribution in [0.15, 0.2) is 0 Å². The predicted octanol–water partition coefficient (Wildman–Crippen LogP) is 2.26. The highest BCUT2D eigenvalue weighted by Crippen LogP contribution is 2.19. The van der Waals surface area contributed by atoms with Crippen molar-refractivity contribution in [3.63, 3.8) is 0 Å². The third-order valence-electron chi connectivity index (χ3n) is 1.29. The highest BCUT2D eigenvalue weighted by molar-refractivity contribution is 7.29. The third kappa shape index (κ3) is 5.16. The maximum atomic E-state index is 5.36. The van der Waals surface area contributed by atoms with Gasteiger partial charge in [0.1, 0.15) is 0 Å². The van der Waals surface area contributed by atoms with Crippen molar-refractivity contribution in [1.29, 1.82) is 0 Å². The maximum absolute atomic E-state index is 5.36. The number of rotatable bonds is 5. The van der Waals surface area contributed by atoms with E-state index in [9.17, 15) is 0 Å². The molecule has 0 aliphatic carbocycles. The SMILES string of the molecule is CCCOPN(C)C(C)C. The van der Waals surface area contributed by atoms with Crippen molar-refractivity contribution in [1.82, 2.24) is 4.67 Å². The lowest BCUT2D eigenvalue weighted by molar-refractivity contribution is 0.318. The average molecular weight is 163 g/mol. The summed E-state index contributed by atoms with van der Waals surface area (Å²) in [5.41, 5.74) is 0. The summed E-state index contributed by atoms with van der Waals surface area (Å²) >= 11 is 0. The van der Waals surface area contributed by atoms with E-state index in [1.807, 2.05) is 0 Å². The van der Waals surface area contributed by atoms with Crippen LogP contribution in [0.2, 0.25) is 0 Å². The van der Waals surface area contributed by atoms with Crippen molar-refractivity contribution < 1.29 is 4.52 Å². The molecule has 0 bridgehead atoms. The van der Waals surface area contributed by atoms with Crippen molar-refractivity contribution in [3.05, 3.63) is 0 Å². The van der Waals surface area contributed by atoms with E-state index in [2.05, 4.69) is 32.5 Å². The summed E-state index contributed by atoms with van der Waals surface area (Å²) in [5.74, 6) is 0. The molecule has 0 N–H and O–H groups in total. The van der Waals surface area contributed by atoms with Crippen molar-refractivity contribution in [3.8, 4) is 0 Å². The number of hydrogen-bond donors (Lipinski definition) is 0. The molecular weight excluding hydrogens is 145 g/mol.